The van der Waals surface area contributed by atoms with Crippen LogP contribution in [0.3, 0.4) is 0 Å². The molecule has 1 aromatic carbocycles. The maximum absolute atomic E-state index is 11.0. The minimum atomic E-state index is -0.536. The van der Waals surface area contributed by atoms with Gasteiger partial charge in [-0.3, -0.25) is 10.1 Å². The van der Waals surface area contributed by atoms with Gasteiger partial charge in [-0.2, -0.15) is 0 Å². The third kappa shape index (κ3) is 3.26. The van der Waals surface area contributed by atoms with Gasteiger partial charge in [0.15, 0.2) is 0 Å². The number of halogens is 2. The molecule has 2 aromatic rings. The standard InChI is InChI=1S/C13H11BrClN3O2/c1-8(9-2-4-10(14)5-3-9)17-13-12(18(19)20)11(15)6-7-16-13/h2-8H,1H3,(H,16,17)/t8-/m1/s1. The number of nitrogens with zero attached hydrogens (tertiary/aromatic N) is 2. The van der Waals surface area contributed by atoms with Crippen molar-refractivity contribution < 1.29 is 4.92 Å². The second kappa shape index (κ2) is 6.19. The molecule has 1 aromatic heterocycles. The molecule has 1 heterocycles. The predicted octanol–water partition coefficient (Wildman–Crippen LogP) is 4.58. The summed E-state index contributed by atoms with van der Waals surface area (Å²) in [4.78, 5) is 14.5. The number of pyridine rings is 1. The van der Waals surface area contributed by atoms with Gasteiger partial charge in [-0.1, -0.05) is 39.7 Å². The van der Waals surface area contributed by atoms with Crippen LogP contribution in [0.5, 0.6) is 0 Å². The molecule has 7 heteroatoms. The zero-order valence-corrected chi connectivity index (χ0v) is 12.9. The highest BCUT2D eigenvalue weighted by Gasteiger charge is 2.21. The van der Waals surface area contributed by atoms with Crippen molar-refractivity contribution in [2.75, 3.05) is 5.32 Å². The lowest BCUT2D eigenvalue weighted by Crippen LogP contribution is -2.10. The summed E-state index contributed by atoms with van der Waals surface area (Å²) < 4.78 is 0.973. The lowest BCUT2D eigenvalue weighted by molar-refractivity contribution is -0.384. The van der Waals surface area contributed by atoms with E-state index in [1.807, 2.05) is 31.2 Å². The second-order valence-electron chi connectivity index (χ2n) is 4.16. The second-order valence-corrected chi connectivity index (χ2v) is 5.49. The quantitative estimate of drug-likeness (QED) is 0.643. The Bertz CT molecular complexity index is 634. The molecule has 0 aliphatic carbocycles. The summed E-state index contributed by atoms with van der Waals surface area (Å²) in [7, 11) is 0. The Hall–Kier alpha value is -1.66. The van der Waals surface area contributed by atoms with Crippen molar-refractivity contribution in [2.24, 2.45) is 0 Å². The molecule has 0 amide bonds. The van der Waals surface area contributed by atoms with Crippen molar-refractivity contribution in [3.05, 3.63) is 61.7 Å². The lowest BCUT2D eigenvalue weighted by atomic mass is 10.1. The summed E-state index contributed by atoms with van der Waals surface area (Å²) in [5.41, 5.74) is 0.780. The number of aromatic nitrogens is 1. The number of hydrogen-bond donors (Lipinski definition) is 1. The molecule has 1 N–H and O–H groups in total. The van der Waals surface area contributed by atoms with E-state index in [9.17, 15) is 10.1 Å². The molecule has 104 valence electrons. The molecule has 20 heavy (non-hydrogen) atoms. The number of rotatable bonds is 4. The van der Waals surface area contributed by atoms with Crippen molar-refractivity contribution in [3.63, 3.8) is 0 Å². The van der Waals surface area contributed by atoms with E-state index < -0.39 is 4.92 Å². The van der Waals surface area contributed by atoms with Crippen molar-refractivity contribution in [1.29, 1.82) is 0 Å². The van der Waals surface area contributed by atoms with E-state index in [-0.39, 0.29) is 22.6 Å². The molecule has 0 fully saturated rings. The summed E-state index contributed by atoms with van der Waals surface area (Å²) in [5.74, 6) is 0.165. The van der Waals surface area contributed by atoms with Crippen LogP contribution in [0, 0.1) is 10.1 Å². The first-order valence-corrected chi connectivity index (χ1v) is 6.97. The summed E-state index contributed by atoms with van der Waals surface area (Å²) in [5, 5.41) is 14.1. The van der Waals surface area contributed by atoms with Crippen molar-refractivity contribution >= 4 is 39.0 Å². The highest BCUT2D eigenvalue weighted by atomic mass is 79.9. The first kappa shape index (κ1) is 14.7. The molecule has 2 rings (SSSR count). The number of hydrogen-bond acceptors (Lipinski definition) is 4. The Labute approximate surface area is 129 Å². The van der Waals surface area contributed by atoms with Gasteiger partial charge in [0.25, 0.3) is 0 Å². The molecule has 0 unspecified atom stereocenters. The van der Waals surface area contributed by atoms with Crippen LogP contribution in [0.25, 0.3) is 0 Å². The highest BCUT2D eigenvalue weighted by molar-refractivity contribution is 9.10. The van der Waals surface area contributed by atoms with Gasteiger partial charge in [-0.25, -0.2) is 4.98 Å². The molecule has 0 bridgehead atoms. The Morgan fingerprint density at radius 2 is 2.00 bits per heavy atom. The zero-order valence-electron chi connectivity index (χ0n) is 10.5. The van der Waals surface area contributed by atoms with Gasteiger partial charge >= 0.3 is 5.69 Å². The van der Waals surface area contributed by atoms with Crippen LogP contribution in [0.4, 0.5) is 11.5 Å². The number of nitro groups is 1. The van der Waals surface area contributed by atoms with Gasteiger partial charge in [0.2, 0.25) is 5.82 Å². The zero-order chi connectivity index (χ0) is 14.7. The molecule has 0 aliphatic heterocycles. The maximum atomic E-state index is 11.0. The van der Waals surface area contributed by atoms with Crippen LogP contribution >= 0.6 is 27.5 Å². The predicted molar refractivity (Wildman–Crippen MR) is 82.1 cm³/mol. The fraction of sp³-hybridized carbons (Fsp3) is 0.154. The monoisotopic (exact) mass is 355 g/mol. The lowest BCUT2D eigenvalue weighted by Gasteiger charge is -2.15. The van der Waals surface area contributed by atoms with Gasteiger partial charge in [0, 0.05) is 10.7 Å². The third-order valence-electron chi connectivity index (χ3n) is 2.78. The van der Waals surface area contributed by atoms with E-state index >= 15 is 0 Å². The Morgan fingerprint density at radius 1 is 1.35 bits per heavy atom. The van der Waals surface area contributed by atoms with E-state index in [0.717, 1.165) is 10.0 Å². The van der Waals surface area contributed by atoms with Crippen LogP contribution in [0.15, 0.2) is 41.0 Å². The van der Waals surface area contributed by atoms with E-state index in [4.69, 9.17) is 11.6 Å². The molecule has 1 atom stereocenters. The SMILES string of the molecule is C[C@@H](Nc1nccc(Cl)c1[N+](=O)[O-])c1ccc(Br)cc1. The van der Waals surface area contributed by atoms with Gasteiger partial charge in [0.05, 0.1) is 11.0 Å². The first-order valence-electron chi connectivity index (χ1n) is 5.80. The first-order chi connectivity index (χ1) is 9.49. The van der Waals surface area contributed by atoms with E-state index in [1.165, 1.54) is 12.3 Å². The molecular weight excluding hydrogens is 346 g/mol. The summed E-state index contributed by atoms with van der Waals surface area (Å²) in [6.45, 7) is 1.90. The van der Waals surface area contributed by atoms with Crippen LogP contribution in [0.1, 0.15) is 18.5 Å². The number of anilines is 1. The maximum Gasteiger partial charge on any atom is 0.329 e. The summed E-state index contributed by atoms with van der Waals surface area (Å²) >= 11 is 9.21. The molecule has 0 spiro atoms. The minimum absolute atomic E-state index is 0.0653. The normalized spacial score (nSPS) is 11.9. The summed E-state index contributed by atoms with van der Waals surface area (Å²) in [6.07, 6.45) is 1.44. The fourth-order valence-electron chi connectivity index (χ4n) is 1.75. The summed E-state index contributed by atoms with van der Waals surface area (Å²) in [6, 6.07) is 8.94. The number of benzene rings is 1. The van der Waals surface area contributed by atoms with E-state index in [1.54, 1.807) is 0 Å². The van der Waals surface area contributed by atoms with Gasteiger partial charge in [-0.15, -0.1) is 0 Å². The van der Waals surface area contributed by atoms with Crippen LogP contribution in [0.2, 0.25) is 5.02 Å². The Balaban J connectivity index is 2.28. The van der Waals surface area contributed by atoms with Gasteiger partial charge < -0.3 is 5.32 Å². The molecule has 0 saturated heterocycles. The Kier molecular flexibility index (Phi) is 4.57. The van der Waals surface area contributed by atoms with Crippen LogP contribution in [-0.4, -0.2) is 9.91 Å². The molecule has 0 radical (unpaired) electrons. The van der Waals surface area contributed by atoms with Crippen molar-refractivity contribution in [1.82, 2.24) is 4.98 Å². The van der Waals surface area contributed by atoms with E-state index in [0.29, 0.717) is 0 Å². The highest BCUT2D eigenvalue weighted by Crippen LogP contribution is 2.32. The van der Waals surface area contributed by atoms with Crippen molar-refractivity contribution in [2.45, 2.75) is 13.0 Å². The van der Waals surface area contributed by atoms with Crippen LogP contribution in [-0.2, 0) is 0 Å². The third-order valence-corrected chi connectivity index (χ3v) is 3.61. The number of nitrogens with one attached hydrogen (secondary N) is 1. The molecule has 5 nitrogen and oxygen atoms in total. The topological polar surface area (TPSA) is 68.1 Å². The minimum Gasteiger partial charge on any atom is -0.358 e. The Morgan fingerprint density at radius 3 is 2.60 bits per heavy atom. The molecular formula is C13H11BrClN3O2. The average molecular weight is 357 g/mol. The molecule has 0 aliphatic rings. The fourth-order valence-corrected chi connectivity index (χ4v) is 2.23. The smallest absolute Gasteiger partial charge is 0.329 e. The van der Waals surface area contributed by atoms with E-state index in [2.05, 4.69) is 26.2 Å². The average Bonchev–Trinajstić information content (AvgIpc) is 2.39. The van der Waals surface area contributed by atoms with Gasteiger partial charge in [0.1, 0.15) is 5.02 Å². The largest absolute Gasteiger partial charge is 0.358 e. The van der Waals surface area contributed by atoms with Gasteiger partial charge in [-0.05, 0) is 30.7 Å². The van der Waals surface area contributed by atoms with Crippen LogP contribution < -0.4 is 5.32 Å². The molecule has 0 saturated carbocycles. The van der Waals surface area contributed by atoms with Crippen molar-refractivity contribution in [3.8, 4) is 0 Å².